The molecule has 54 heavy (non-hydrogen) atoms. The van der Waals surface area contributed by atoms with Crippen LogP contribution >= 0.6 is 0 Å². The number of nitrogens with one attached hydrogen (secondary N) is 4. The number of guanidine groups is 2. The summed E-state index contributed by atoms with van der Waals surface area (Å²) in [5.41, 5.74) is 23.3. The highest BCUT2D eigenvalue weighted by Crippen LogP contribution is 2.18. The Morgan fingerprint density at radius 2 is 1.28 bits per heavy atom. The molecule has 0 radical (unpaired) electrons. The Hall–Kier alpha value is -6.39. The molecular weight excluding hydrogens is 694 g/mol. The Bertz CT molecular complexity index is 1860. The summed E-state index contributed by atoms with van der Waals surface area (Å²) in [5, 5.41) is 22.5. The van der Waals surface area contributed by atoms with Gasteiger partial charge in [0.15, 0.2) is 11.9 Å². The van der Waals surface area contributed by atoms with Crippen molar-refractivity contribution in [3.05, 3.63) is 77.9 Å². The van der Waals surface area contributed by atoms with E-state index in [0.717, 1.165) is 16.3 Å². The molecule has 0 spiro atoms. The lowest BCUT2D eigenvalue weighted by Gasteiger charge is -2.32. The molecule has 0 saturated carbocycles. The van der Waals surface area contributed by atoms with Crippen LogP contribution < -0.4 is 44.2 Å². The van der Waals surface area contributed by atoms with Crippen LogP contribution in [0.1, 0.15) is 36.8 Å². The Morgan fingerprint density at radius 1 is 0.704 bits per heavy atom. The molecule has 1 heterocycles. The second-order valence-corrected chi connectivity index (χ2v) is 13.1. The van der Waals surface area contributed by atoms with Gasteiger partial charge in [0.05, 0.1) is 6.54 Å². The number of rotatable bonds is 12. The maximum absolute atomic E-state index is 14.3. The summed E-state index contributed by atoms with van der Waals surface area (Å²) >= 11 is 0. The minimum absolute atomic E-state index is 0.00536. The van der Waals surface area contributed by atoms with Gasteiger partial charge < -0.3 is 54.2 Å². The average Bonchev–Trinajstić information content (AvgIpc) is 3.14. The maximum Gasteiger partial charge on any atom is 0.245 e. The van der Waals surface area contributed by atoms with Crippen molar-refractivity contribution < 1.29 is 29.1 Å². The molecule has 5 amide bonds. The van der Waals surface area contributed by atoms with E-state index in [-0.39, 0.29) is 62.9 Å². The molecule has 0 unspecified atom stereocenters. The van der Waals surface area contributed by atoms with E-state index in [4.69, 9.17) is 22.9 Å². The van der Waals surface area contributed by atoms with Gasteiger partial charge in [0.25, 0.3) is 0 Å². The zero-order valence-corrected chi connectivity index (χ0v) is 30.2. The molecule has 13 N–H and O–H groups in total. The van der Waals surface area contributed by atoms with Crippen LogP contribution in [0.4, 0.5) is 0 Å². The van der Waals surface area contributed by atoms with Gasteiger partial charge >= 0.3 is 0 Å². The maximum atomic E-state index is 14.3. The zero-order chi connectivity index (χ0) is 39.2. The minimum atomic E-state index is -1.19. The van der Waals surface area contributed by atoms with Crippen LogP contribution in [0, 0.1) is 0 Å². The second-order valence-electron chi connectivity index (χ2n) is 13.1. The monoisotopic (exact) mass is 743 g/mol. The molecule has 1 aliphatic heterocycles. The number of nitrogens with two attached hydrogens (primary N) is 4. The van der Waals surface area contributed by atoms with Crippen molar-refractivity contribution in [3.8, 4) is 5.75 Å². The van der Waals surface area contributed by atoms with Crippen molar-refractivity contribution in [2.24, 2.45) is 32.9 Å². The number of carbonyl (C=O) groups is 5. The first-order chi connectivity index (χ1) is 25.8. The van der Waals surface area contributed by atoms with E-state index < -0.39 is 60.2 Å². The van der Waals surface area contributed by atoms with Crippen molar-refractivity contribution in [1.29, 1.82) is 0 Å². The molecule has 0 aromatic heterocycles. The second kappa shape index (κ2) is 19.4. The van der Waals surface area contributed by atoms with E-state index >= 15 is 0 Å². The van der Waals surface area contributed by atoms with Gasteiger partial charge in [-0.25, -0.2) is 0 Å². The molecule has 4 atom stereocenters. The van der Waals surface area contributed by atoms with Gasteiger partial charge in [-0.2, -0.15) is 0 Å². The van der Waals surface area contributed by atoms with Crippen LogP contribution in [0.25, 0.3) is 10.8 Å². The summed E-state index contributed by atoms with van der Waals surface area (Å²) in [4.78, 5) is 78.5. The van der Waals surface area contributed by atoms with Gasteiger partial charge in [0, 0.05) is 33.0 Å². The predicted molar refractivity (Wildman–Crippen MR) is 205 cm³/mol. The highest BCUT2D eigenvalue weighted by Gasteiger charge is 2.35. The average molecular weight is 744 g/mol. The number of phenols is 1. The lowest BCUT2D eigenvalue weighted by molar-refractivity contribution is -0.143. The summed E-state index contributed by atoms with van der Waals surface area (Å²) in [5.74, 6) is -3.51. The van der Waals surface area contributed by atoms with Crippen LogP contribution in [0.3, 0.4) is 0 Å². The molecule has 3 aromatic carbocycles. The number of likely N-dealkylation sites (N-methyl/N-ethyl adjacent to an activating group) is 1. The summed E-state index contributed by atoms with van der Waals surface area (Å²) in [6.07, 6.45) is 0.828. The largest absolute Gasteiger partial charge is 0.508 e. The van der Waals surface area contributed by atoms with Gasteiger partial charge in [-0.1, -0.05) is 54.6 Å². The standard InChI is InChI=1S/C37H49N11O6/c1-48-30(9-5-17-43-37(40)41)34(53)47-28(20-23-10-13-24-6-2-3-7-25(24)18-23)32(51)44-21-31(50)45-29(19-22-11-14-26(49)15-12-22)33(52)46-27(35(48)54)8-4-16-42-36(38)39/h2-3,6-7,10-15,18,27-30,49H,4-5,8-9,16-17,19-21H2,1H3,(H,44,51)(H,45,50)(H,46,52)(H,47,53)(H4,38,39,42)(H4,40,41,43)/t27-,28-,29+,30-/m0/s1. The first-order valence-electron chi connectivity index (χ1n) is 17.6. The molecule has 17 nitrogen and oxygen atoms in total. The number of amides is 5. The summed E-state index contributed by atoms with van der Waals surface area (Å²) in [7, 11) is 1.44. The fraction of sp³-hybridized carbons (Fsp3) is 0.378. The molecule has 1 fully saturated rings. The Kier molecular flexibility index (Phi) is 14.5. The number of phenolic OH excluding ortho intramolecular Hbond substituents is 1. The minimum Gasteiger partial charge on any atom is -0.508 e. The SMILES string of the molecule is CN1C(=O)[C@H](CCCN=C(N)N)NC(=O)[C@@H](Cc2ccc(O)cc2)NC(=O)CNC(=O)[C@H](Cc2ccc3ccccc3c2)NC(=O)[C@@H]1CCCN=C(N)N. The first-order valence-corrected chi connectivity index (χ1v) is 17.6. The van der Waals surface area contributed by atoms with Gasteiger partial charge in [0.2, 0.25) is 29.5 Å². The van der Waals surface area contributed by atoms with Crippen LogP contribution in [-0.2, 0) is 36.8 Å². The third-order valence-corrected chi connectivity index (χ3v) is 8.95. The van der Waals surface area contributed by atoms with Gasteiger partial charge in [-0.3, -0.25) is 34.0 Å². The molecule has 1 saturated heterocycles. The first kappa shape index (κ1) is 40.4. The van der Waals surface area contributed by atoms with Gasteiger partial charge in [-0.15, -0.1) is 0 Å². The number of aliphatic imine (C=N–C) groups is 2. The van der Waals surface area contributed by atoms with E-state index in [9.17, 15) is 29.1 Å². The van der Waals surface area contributed by atoms with E-state index in [1.807, 2.05) is 42.5 Å². The normalized spacial score (nSPS) is 20.1. The highest BCUT2D eigenvalue weighted by molar-refractivity contribution is 5.97. The van der Waals surface area contributed by atoms with Crippen molar-refractivity contribution in [2.75, 3.05) is 26.7 Å². The fourth-order valence-corrected chi connectivity index (χ4v) is 6.12. The number of aromatic hydroxyl groups is 1. The van der Waals surface area contributed by atoms with Crippen LogP contribution in [0.15, 0.2) is 76.7 Å². The fourth-order valence-electron chi connectivity index (χ4n) is 6.12. The molecule has 0 aliphatic carbocycles. The molecule has 3 aromatic rings. The van der Waals surface area contributed by atoms with Crippen molar-refractivity contribution in [2.45, 2.75) is 62.7 Å². The van der Waals surface area contributed by atoms with E-state index in [1.165, 1.54) is 24.1 Å². The smallest absolute Gasteiger partial charge is 0.245 e. The van der Waals surface area contributed by atoms with Crippen LogP contribution in [0.5, 0.6) is 5.75 Å². The number of carbonyl (C=O) groups excluding carboxylic acids is 5. The number of fused-ring (bicyclic) bond motifs is 1. The molecule has 17 heteroatoms. The lowest BCUT2D eigenvalue weighted by Crippen LogP contribution is -2.58. The molecule has 0 bridgehead atoms. The summed E-state index contributed by atoms with van der Waals surface area (Å²) in [6, 6.07) is 14.8. The Balaban J connectivity index is 1.72. The zero-order valence-electron chi connectivity index (χ0n) is 30.2. The quantitative estimate of drug-likeness (QED) is 0.0610. The lowest BCUT2D eigenvalue weighted by atomic mass is 10.00. The predicted octanol–water partition coefficient (Wildman–Crippen LogP) is -1.15. The molecule has 4 rings (SSSR count). The van der Waals surface area contributed by atoms with Crippen LogP contribution in [0.2, 0.25) is 0 Å². The Labute approximate surface area is 313 Å². The molecular formula is C37H49N11O6. The summed E-state index contributed by atoms with van der Waals surface area (Å²) < 4.78 is 0. The van der Waals surface area contributed by atoms with Crippen molar-refractivity contribution in [3.63, 3.8) is 0 Å². The third kappa shape index (κ3) is 12.1. The van der Waals surface area contributed by atoms with Gasteiger partial charge in [0.1, 0.15) is 29.9 Å². The van der Waals surface area contributed by atoms with Crippen molar-refractivity contribution in [1.82, 2.24) is 26.2 Å². The van der Waals surface area contributed by atoms with Crippen molar-refractivity contribution >= 4 is 52.2 Å². The van der Waals surface area contributed by atoms with Crippen LogP contribution in [-0.4, -0.2) is 102 Å². The number of benzene rings is 3. The van der Waals surface area contributed by atoms with Gasteiger partial charge in [-0.05, 0) is 59.7 Å². The molecule has 288 valence electrons. The topological polar surface area (TPSA) is 286 Å². The Morgan fingerprint density at radius 3 is 1.94 bits per heavy atom. The van der Waals surface area contributed by atoms with E-state index in [1.54, 1.807) is 12.1 Å². The number of hydrogen-bond donors (Lipinski definition) is 9. The highest BCUT2D eigenvalue weighted by atomic mass is 16.3. The summed E-state index contributed by atoms with van der Waals surface area (Å²) in [6.45, 7) is -0.183. The molecule has 1 aliphatic rings. The van der Waals surface area contributed by atoms with E-state index in [2.05, 4.69) is 31.3 Å². The number of hydrogen-bond acceptors (Lipinski definition) is 8. The third-order valence-electron chi connectivity index (χ3n) is 8.95. The number of nitrogens with zero attached hydrogens (tertiary/aromatic N) is 3. The van der Waals surface area contributed by atoms with E-state index in [0.29, 0.717) is 12.0 Å².